The second-order valence-corrected chi connectivity index (χ2v) is 6.43. The van der Waals surface area contributed by atoms with Crippen molar-refractivity contribution in [2.45, 2.75) is 32.9 Å². The Kier molecular flexibility index (Phi) is 7.06. The zero-order valence-corrected chi connectivity index (χ0v) is 16.2. The molecule has 0 saturated heterocycles. The van der Waals surface area contributed by atoms with Gasteiger partial charge in [-0.1, -0.05) is 6.92 Å². The molecule has 1 aromatic carbocycles. The van der Waals surface area contributed by atoms with Crippen LogP contribution in [-0.4, -0.2) is 32.2 Å². The molecule has 0 bridgehead atoms. The highest BCUT2D eigenvalue weighted by molar-refractivity contribution is 7.09. The topological polar surface area (TPSA) is 67.8 Å². The fourth-order valence-corrected chi connectivity index (χ4v) is 3.17. The second kappa shape index (κ2) is 9.27. The number of hydrogen-bond acceptors (Lipinski definition) is 5. The van der Waals surface area contributed by atoms with Gasteiger partial charge in [-0.3, -0.25) is 4.99 Å². The van der Waals surface area contributed by atoms with Crippen LogP contribution >= 0.6 is 11.3 Å². The van der Waals surface area contributed by atoms with Gasteiger partial charge in [0.05, 0.1) is 37.5 Å². The van der Waals surface area contributed by atoms with Crippen LogP contribution < -0.4 is 20.1 Å². The van der Waals surface area contributed by atoms with Gasteiger partial charge in [-0.2, -0.15) is 0 Å². The summed E-state index contributed by atoms with van der Waals surface area (Å²) >= 11 is 1.69. The molecule has 0 radical (unpaired) electrons. The lowest BCUT2D eigenvalue weighted by atomic mass is 10.1. The van der Waals surface area contributed by atoms with Crippen LogP contribution in [-0.2, 0) is 13.0 Å². The molecule has 25 heavy (non-hydrogen) atoms. The fraction of sp³-hybridized carbons (Fsp3) is 0.444. The summed E-state index contributed by atoms with van der Waals surface area (Å²) in [7, 11) is 5.07. The van der Waals surface area contributed by atoms with Gasteiger partial charge in [-0.15, -0.1) is 11.3 Å². The molecule has 6 nitrogen and oxygen atoms in total. The number of guanidine groups is 1. The maximum Gasteiger partial charge on any atom is 0.191 e. The normalized spacial score (nSPS) is 12.6. The van der Waals surface area contributed by atoms with E-state index in [4.69, 9.17) is 9.47 Å². The van der Waals surface area contributed by atoms with Crippen molar-refractivity contribution in [1.82, 2.24) is 15.6 Å². The van der Waals surface area contributed by atoms with E-state index < -0.39 is 0 Å². The monoisotopic (exact) mass is 362 g/mol. The maximum absolute atomic E-state index is 5.46. The molecule has 0 fully saturated rings. The molecule has 136 valence electrons. The van der Waals surface area contributed by atoms with Gasteiger partial charge in [-0.05, 0) is 31.5 Å². The smallest absolute Gasteiger partial charge is 0.191 e. The molecule has 1 unspecified atom stereocenters. The molecule has 1 heterocycles. The van der Waals surface area contributed by atoms with Gasteiger partial charge >= 0.3 is 0 Å². The van der Waals surface area contributed by atoms with Gasteiger partial charge in [0.15, 0.2) is 5.96 Å². The zero-order chi connectivity index (χ0) is 18.2. The third kappa shape index (κ3) is 5.09. The van der Waals surface area contributed by atoms with Crippen LogP contribution in [0.4, 0.5) is 0 Å². The van der Waals surface area contributed by atoms with Crippen LogP contribution in [0.5, 0.6) is 11.5 Å². The molecule has 1 atom stereocenters. The molecule has 1 aromatic heterocycles. The Hall–Kier alpha value is -2.28. The minimum atomic E-state index is -0.00196. The van der Waals surface area contributed by atoms with Crippen molar-refractivity contribution < 1.29 is 9.47 Å². The Balaban J connectivity index is 2.03. The Labute approximate surface area is 153 Å². The largest absolute Gasteiger partial charge is 0.497 e. The van der Waals surface area contributed by atoms with Crippen LogP contribution in [0.1, 0.15) is 36.2 Å². The molecular formula is C18H26N4O2S. The van der Waals surface area contributed by atoms with Crippen molar-refractivity contribution in [2.24, 2.45) is 4.99 Å². The predicted octanol–water partition coefficient (Wildman–Crippen LogP) is 3.15. The van der Waals surface area contributed by atoms with E-state index in [1.54, 1.807) is 32.6 Å². The third-order valence-corrected chi connectivity index (χ3v) is 4.86. The van der Waals surface area contributed by atoms with E-state index in [9.17, 15) is 0 Å². The lowest BCUT2D eigenvalue weighted by Crippen LogP contribution is -2.38. The first kappa shape index (κ1) is 19.1. The molecule has 2 N–H and O–H groups in total. The van der Waals surface area contributed by atoms with Crippen molar-refractivity contribution in [3.63, 3.8) is 0 Å². The van der Waals surface area contributed by atoms with Gasteiger partial charge in [0.1, 0.15) is 11.5 Å². The van der Waals surface area contributed by atoms with Crippen LogP contribution in [0.15, 0.2) is 28.6 Å². The molecule has 0 aliphatic heterocycles. The first-order valence-corrected chi connectivity index (χ1v) is 9.11. The zero-order valence-electron chi connectivity index (χ0n) is 15.4. The summed E-state index contributed by atoms with van der Waals surface area (Å²) in [5.74, 6) is 2.31. The summed E-state index contributed by atoms with van der Waals surface area (Å²) in [5, 5.41) is 9.90. The van der Waals surface area contributed by atoms with Crippen molar-refractivity contribution >= 4 is 17.3 Å². The summed E-state index contributed by atoms with van der Waals surface area (Å²) in [6.45, 7) is 4.81. The SMILES string of the molecule is CCc1nc(CNC(=NC)NC(C)c2cc(OC)ccc2OC)cs1. The highest BCUT2D eigenvalue weighted by Gasteiger charge is 2.14. The third-order valence-electron chi connectivity index (χ3n) is 3.82. The lowest BCUT2D eigenvalue weighted by molar-refractivity contribution is 0.394. The summed E-state index contributed by atoms with van der Waals surface area (Å²) in [6, 6.07) is 5.76. The average Bonchev–Trinajstić information content (AvgIpc) is 3.12. The first-order chi connectivity index (χ1) is 12.1. The van der Waals surface area contributed by atoms with Crippen molar-refractivity contribution in [1.29, 1.82) is 0 Å². The minimum absolute atomic E-state index is 0.00196. The van der Waals surface area contributed by atoms with E-state index in [0.717, 1.165) is 34.2 Å². The molecule has 7 heteroatoms. The van der Waals surface area contributed by atoms with Crippen LogP contribution in [0.3, 0.4) is 0 Å². The van der Waals surface area contributed by atoms with E-state index in [-0.39, 0.29) is 6.04 Å². The van der Waals surface area contributed by atoms with Crippen LogP contribution in [0, 0.1) is 0 Å². The predicted molar refractivity (Wildman–Crippen MR) is 103 cm³/mol. The average molecular weight is 362 g/mol. The number of aromatic nitrogens is 1. The van der Waals surface area contributed by atoms with Crippen molar-refractivity contribution in [3.8, 4) is 11.5 Å². The van der Waals surface area contributed by atoms with E-state index in [2.05, 4.69) is 39.8 Å². The molecule has 2 rings (SSSR count). The number of benzene rings is 1. The molecule has 0 aliphatic rings. The summed E-state index contributed by atoms with van der Waals surface area (Å²) < 4.78 is 10.8. The first-order valence-electron chi connectivity index (χ1n) is 8.23. The lowest BCUT2D eigenvalue weighted by Gasteiger charge is -2.20. The van der Waals surface area contributed by atoms with E-state index in [1.807, 2.05) is 18.2 Å². The Morgan fingerprint density at radius 3 is 2.72 bits per heavy atom. The number of aliphatic imine (C=N–C) groups is 1. The molecule has 0 aliphatic carbocycles. The molecule has 2 aromatic rings. The maximum atomic E-state index is 5.46. The van der Waals surface area contributed by atoms with Gasteiger partial charge in [0.2, 0.25) is 0 Å². The van der Waals surface area contributed by atoms with Gasteiger partial charge in [0, 0.05) is 18.0 Å². The number of methoxy groups -OCH3 is 2. The van der Waals surface area contributed by atoms with Crippen LogP contribution in [0.25, 0.3) is 0 Å². The van der Waals surface area contributed by atoms with Crippen LogP contribution in [0.2, 0.25) is 0 Å². The van der Waals surface area contributed by atoms with Crippen molar-refractivity contribution in [2.75, 3.05) is 21.3 Å². The number of aryl methyl sites for hydroxylation is 1. The quantitative estimate of drug-likeness (QED) is 0.585. The summed E-state index contributed by atoms with van der Waals surface area (Å²) in [5.41, 5.74) is 2.03. The molecule has 0 saturated carbocycles. The van der Waals surface area contributed by atoms with E-state index in [1.165, 1.54) is 0 Å². The summed E-state index contributed by atoms with van der Waals surface area (Å²) in [6.07, 6.45) is 0.963. The minimum Gasteiger partial charge on any atom is -0.497 e. The van der Waals surface area contributed by atoms with Crippen molar-refractivity contribution in [3.05, 3.63) is 39.8 Å². The Morgan fingerprint density at radius 2 is 2.12 bits per heavy atom. The van der Waals surface area contributed by atoms with E-state index in [0.29, 0.717) is 12.5 Å². The molecule has 0 spiro atoms. The second-order valence-electron chi connectivity index (χ2n) is 5.49. The van der Waals surface area contributed by atoms with Gasteiger partial charge < -0.3 is 20.1 Å². The fourth-order valence-electron chi connectivity index (χ4n) is 2.42. The van der Waals surface area contributed by atoms with Gasteiger partial charge in [0.25, 0.3) is 0 Å². The van der Waals surface area contributed by atoms with E-state index >= 15 is 0 Å². The molecular weight excluding hydrogens is 336 g/mol. The standard InChI is InChI=1S/C18H26N4O2S/c1-6-17-22-13(11-25-17)10-20-18(19-3)21-12(2)15-9-14(23-4)7-8-16(15)24-5/h7-9,11-12H,6,10H2,1-5H3,(H2,19,20,21). The number of ether oxygens (including phenoxy) is 2. The van der Waals surface area contributed by atoms with Gasteiger partial charge in [-0.25, -0.2) is 4.98 Å². The number of hydrogen-bond donors (Lipinski definition) is 2. The number of nitrogens with zero attached hydrogens (tertiary/aromatic N) is 2. The number of nitrogens with one attached hydrogen (secondary N) is 2. The number of rotatable bonds is 7. The Bertz CT molecular complexity index is 715. The highest BCUT2D eigenvalue weighted by atomic mass is 32.1. The summed E-state index contributed by atoms with van der Waals surface area (Å²) in [4.78, 5) is 8.85. The molecule has 0 amide bonds. The Morgan fingerprint density at radius 1 is 1.32 bits per heavy atom. The number of thiazole rings is 1. The highest BCUT2D eigenvalue weighted by Crippen LogP contribution is 2.29.